The molecule has 0 saturated carbocycles. The summed E-state index contributed by atoms with van der Waals surface area (Å²) in [4.78, 5) is 12.8. The molecular weight excluding hydrogens is 558 g/mol. The fourth-order valence-corrected chi connectivity index (χ4v) is 4.89. The molecule has 9 atom stereocenters. The summed E-state index contributed by atoms with van der Waals surface area (Å²) in [6.45, 7) is 3.17. The van der Waals surface area contributed by atoms with E-state index in [-0.39, 0.29) is 12.8 Å². The van der Waals surface area contributed by atoms with Gasteiger partial charge in [0.2, 0.25) is 5.91 Å². The third-order valence-electron chi connectivity index (χ3n) is 7.77. The maximum atomic E-state index is 12.8. The standard InChI is InChI=1S/C32H59NO10/c1-3-5-7-9-10-11-12-13-14-15-16-18-20-25(36)31(41)33-23(27(37)24(35)19-17-8-6-4-2)22-42-32-30(40)29(39)28(38)26(21-34)43-32/h13-14,16,18,23-30,32,34-40H,3-12,15,17,19-22H2,1-2H3,(H,33,41)/b14-13-,18-16-. The van der Waals surface area contributed by atoms with E-state index in [0.717, 1.165) is 25.7 Å². The zero-order valence-electron chi connectivity index (χ0n) is 26.2. The third kappa shape index (κ3) is 15.9. The molecule has 11 nitrogen and oxygen atoms in total. The molecule has 43 heavy (non-hydrogen) atoms. The summed E-state index contributed by atoms with van der Waals surface area (Å²) in [5.41, 5.74) is 0. The molecule has 0 radical (unpaired) electrons. The van der Waals surface area contributed by atoms with Crippen LogP contribution in [0.15, 0.2) is 24.3 Å². The second kappa shape index (κ2) is 23.9. The van der Waals surface area contributed by atoms with Crippen molar-refractivity contribution in [1.29, 1.82) is 0 Å². The highest BCUT2D eigenvalue weighted by atomic mass is 16.7. The molecule has 0 aromatic carbocycles. The van der Waals surface area contributed by atoms with Gasteiger partial charge in [-0.05, 0) is 25.7 Å². The van der Waals surface area contributed by atoms with E-state index in [1.165, 1.54) is 38.5 Å². The Morgan fingerprint density at radius 3 is 2.14 bits per heavy atom. The molecule has 0 spiro atoms. The SMILES string of the molecule is CCCCCCCC/C=C\C/C=C\CC(O)C(=O)NC(COC1OC(CO)C(O)C(O)C1O)C(O)C(O)CCCCCC. The number of aliphatic hydroxyl groups excluding tert-OH is 7. The molecule has 252 valence electrons. The topological polar surface area (TPSA) is 189 Å². The molecule has 0 aromatic heterocycles. The molecule has 9 unspecified atom stereocenters. The van der Waals surface area contributed by atoms with E-state index in [1.54, 1.807) is 6.08 Å². The molecular formula is C32H59NO10. The molecule has 1 aliphatic heterocycles. The fourth-order valence-electron chi connectivity index (χ4n) is 4.89. The summed E-state index contributed by atoms with van der Waals surface area (Å²) in [5, 5.41) is 74.1. The minimum Gasteiger partial charge on any atom is -0.394 e. The van der Waals surface area contributed by atoms with E-state index in [4.69, 9.17) is 9.47 Å². The van der Waals surface area contributed by atoms with Crippen LogP contribution in [0.4, 0.5) is 0 Å². The summed E-state index contributed by atoms with van der Waals surface area (Å²) in [6, 6.07) is -1.19. The predicted molar refractivity (Wildman–Crippen MR) is 164 cm³/mol. The number of carbonyl (C=O) groups excluding carboxylic acids is 1. The number of unbranched alkanes of at least 4 members (excludes halogenated alkanes) is 9. The Labute approximate surface area is 257 Å². The zero-order chi connectivity index (χ0) is 32.0. The van der Waals surface area contributed by atoms with Gasteiger partial charge in [0.1, 0.15) is 36.6 Å². The van der Waals surface area contributed by atoms with Crippen LogP contribution in [0.1, 0.15) is 104 Å². The lowest BCUT2D eigenvalue weighted by Gasteiger charge is -2.40. The molecule has 11 heteroatoms. The first-order valence-corrected chi connectivity index (χ1v) is 16.2. The van der Waals surface area contributed by atoms with Crippen molar-refractivity contribution in [2.45, 2.75) is 159 Å². The number of rotatable bonds is 24. The van der Waals surface area contributed by atoms with Gasteiger partial charge in [0.25, 0.3) is 0 Å². The summed E-state index contributed by atoms with van der Waals surface area (Å²) in [5.74, 6) is -0.775. The van der Waals surface area contributed by atoms with E-state index in [2.05, 4.69) is 31.3 Å². The third-order valence-corrected chi connectivity index (χ3v) is 7.77. The minimum absolute atomic E-state index is 0.0487. The quantitative estimate of drug-likeness (QED) is 0.0587. The van der Waals surface area contributed by atoms with Crippen LogP contribution >= 0.6 is 0 Å². The van der Waals surface area contributed by atoms with Crippen LogP contribution in [-0.4, -0.2) is 110 Å². The van der Waals surface area contributed by atoms with Gasteiger partial charge >= 0.3 is 0 Å². The van der Waals surface area contributed by atoms with Gasteiger partial charge in [0.15, 0.2) is 6.29 Å². The number of allylic oxidation sites excluding steroid dienone is 3. The van der Waals surface area contributed by atoms with Gasteiger partial charge in [-0.15, -0.1) is 0 Å². The maximum absolute atomic E-state index is 12.8. The van der Waals surface area contributed by atoms with Gasteiger partial charge in [0.05, 0.1) is 25.4 Å². The molecule has 1 heterocycles. The summed E-state index contributed by atoms with van der Waals surface area (Å²) in [7, 11) is 0. The second-order valence-corrected chi connectivity index (χ2v) is 11.5. The van der Waals surface area contributed by atoms with Crippen LogP contribution in [0.2, 0.25) is 0 Å². The molecule has 1 amide bonds. The van der Waals surface area contributed by atoms with Crippen molar-refractivity contribution in [2.75, 3.05) is 13.2 Å². The van der Waals surface area contributed by atoms with Crippen LogP contribution in [0, 0.1) is 0 Å². The van der Waals surface area contributed by atoms with Gasteiger partial charge < -0.3 is 50.5 Å². The minimum atomic E-state index is -1.67. The Morgan fingerprint density at radius 1 is 0.837 bits per heavy atom. The highest BCUT2D eigenvalue weighted by Crippen LogP contribution is 2.22. The number of nitrogens with one attached hydrogen (secondary N) is 1. The fraction of sp³-hybridized carbons (Fsp3) is 0.844. The van der Waals surface area contributed by atoms with Crippen LogP contribution in [0.25, 0.3) is 0 Å². The maximum Gasteiger partial charge on any atom is 0.249 e. The molecule has 1 rings (SSSR count). The lowest BCUT2D eigenvalue weighted by atomic mass is 9.98. The van der Waals surface area contributed by atoms with Gasteiger partial charge in [0, 0.05) is 6.42 Å². The van der Waals surface area contributed by atoms with Crippen molar-refractivity contribution in [1.82, 2.24) is 5.32 Å². The van der Waals surface area contributed by atoms with Crippen LogP contribution in [0.3, 0.4) is 0 Å². The second-order valence-electron chi connectivity index (χ2n) is 11.5. The number of hydrogen-bond donors (Lipinski definition) is 8. The lowest BCUT2D eigenvalue weighted by molar-refractivity contribution is -0.303. The molecule has 0 aromatic rings. The average molecular weight is 618 g/mol. The largest absolute Gasteiger partial charge is 0.394 e. The summed E-state index contributed by atoms with van der Waals surface area (Å²) >= 11 is 0. The van der Waals surface area contributed by atoms with Gasteiger partial charge in [-0.1, -0.05) is 95.9 Å². The van der Waals surface area contributed by atoms with Crippen LogP contribution < -0.4 is 5.32 Å². The van der Waals surface area contributed by atoms with Crippen molar-refractivity contribution in [2.24, 2.45) is 0 Å². The average Bonchev–Trinajstić information content (AvgIpc) is 3.00. The van der Waals surface area contributed by atoms with Crippen molar-refractivity contribution in [3.05, 3.63) is 24.3 Å². The van der Waals surface area contributed by atoms with Gasteiger partial charge in [-0.2, -0.15) is 0 Å². The predicted octanol–water partition coefficient (Wildman–Crippen LogP) is 1.98. The van der Waals surface area contributed by atoms with E-state index in [0.29, 0.717) is 12.8 Å². The monoisotopic (exact) mass is 617 g/mol. The first-order chi connectivity index (χ1) is 20.7. The normalized spacial score (nSPS) is 25.7. The molecule has 1 saturated heterocycles. The Bertz CT molecular complexity index is 764. The highest BCUT2D eigenvalue weighted by Gasteiger charge is 2.44. The van der Waals surface area contributed by atoms with Crippen LogP contribution in [-0.2, 0) is 14.3 Å². The van der Waals surface area contributed by atoms with Crippen LogP contribution in [0.5, 0.6) is 0 Å². The van der Waals surface area contributed by atoms with Crippen molar-refractivity contribution in [3.8, 4) is 0 Å². The van der Waals surface area contributed by atoms with E-state index < -0.39 is 74.2 Å². The molecule has 1 fully saturated rings. The Hall–Kier alpha value is -1.41. The summed E-state index contributed by atoms with van der Waals surface area (Å²) in [6.07, 6.45) is 9.23. The molecule has 0 aliphatic carbocycles. The summed E-state index contributed by atoms with van der Waals surface area (Å²) < 4.78 is 10.9. The molecule has 1 aliphatic rings. The smallest absolute Gasteiger partial charge is 0.249 e. The Morgan fingerprint density at radius 2 is 1.47 bits per heavy atom. The van der Waals surface area contributed by atoms with Crippen molar-refractivity contribution < 1.29 is 50.0 Å². The van der Waals surface area contributed by atoms with E-state index in [1.807, 2.05) is 6.08 Å². The van der Waals surface area contributed by atoms with Gasteiger partial charge in [-0.3, -0.25) is 4.79 Å². The first-order valence-electron chi connectivity index (χ1n) is 16.2. The number of ether oxygens (including phenoxy) is 2. The number of hydrogen-bond acceptors (Lipinski definition) is 10. The highest BCUT2D eigenvalue weighted by molar-refractivity contribution is 5.81. The number of aliphatic hydroxyl groups is 7. The number of carbonyl (C=O) groups is 1. The Balaban J connectivity index is 2.66. The van der Waals surface area contributed by atoms with Crippen molar-refractivity contribution in [3.63, 3.8) is 0 Å². The zero-order valence-corrected chi connectivity index (χ0v) is 26.2. The van der Waals surface area contributed by atoms with E-state index in [9.17, 15) is 40.5 Å². The van der Waals surface area contributed by atoms with E-state index >= 15 is 0 Å². The van der Waals surface area contributed by atoms with Crippen molar-refractivity contribution >= 4 is 5.91 Å². The number of amides is 1. The van der Waals surface area contributed by atoms with Gasteiger partial charge in [-0.25, -0.2) is 0 Å². The lowest BCUT2D eigenvalue weighted by Crippen LogP contribution is -2.60. The molecule has 0 bridgehead atoms. The molecule has 8 N–H and O–H groups in total. The Kier molecular flexibility index (Phi) is 22.0. The first kappa shape index (κ1) is 39.6.